The summed E-state index contributed by atoms with van der Waals surface area (Å²) >= 11 is 0. The molecule has 2 N–H and O–H groups in total. The largest absolute Gasteiger partial charge is 0.494 e. The molecule has 1 aliphatic rings. The SMILES string of the molecule is CCOc1ccc(Nc2nc(Nc3ccc(C)c(C)c3)nc3c2C(=O)CCC3)cc1. The van der Waals surface area contributed by atoms with Crippen LogP contribution in [0.3, 0.4) is 0 Å². The lowest BCUT2D eigenvalue weighted by Crippen LogP contribution is -2.17. The van der Waals surface area contributed by atoms with E-state index in [1.807, 2.05) is 37.3 Å². The highest BCUT2D eigenvalue weighted by molar-refractivity contribution is 6.03. The molecule has 6 heteroatoms. The molecule has 0 radical (unpaired) electrons. The van der Waals surface area contributed by atoms with Crippen LogP contribution < -0.4 is 15.4 Å². The number of nitrogens with zero attached hydrogens (tertiary/aromatic N) is 2. The molecule has 0 atom stereocenters. The average molecular weight is 402 g/mol. The van der Waals surface area contributed by atoms with Gasteiger partial charge in [-0.1, -0.05) is 6.07 Å². The molecule has 154 valence electrons. The highest BCUT2D eigenvalue weighted by Gasteiger charge is 2.24. The number of benzene rings is 2. The second kappa shape index (κ2) is 8.53. The number of rotatable bonds is 6. The minimum atomic E-state index is 0.0856. The van der Waals surface area contributed by atoms with Crippen LogP contribution in [0.1, 0.15) is 46.9 Å². The predicted molar refractivity (Wildman–Crippen MR) is 119 cm³/mol. The van der Waals surface area contributed by atoms with Crippen LogP contribution in [0.15, 0.2) is 42.5 Å². The van der Waals surface area contributed by atoms with Crippen LogP contribution in [0, 0.1) is 13.8 Å². The number of aromatic nitrogens is 2. The number of fused-ring (bicyclic) bond motifs is 1. The molecule has 1 aliphatic carbocycles. The van der Waals surface area contributed by atoms with Crippen molar-refractivity contribution in [2.45, 2.75) is 40.0 Å². The summed E-state index contributed by atoms with van der Waals surface area (Å²) in [5.74, 6) is 1.92. The van der Waals surface area contributed by atoms with Gasteiger partial charge in [0.05, 0.1) is 17.9 Å². The number of hydrogen-bond acceptors (Lipinski definition) is 6. The first-order chi connectivity index (χ1) is 14.5. The highest BCUT2D eigenvalue weighted by atomic mass is 16.5. The Morgan fingerprint density at radius 2 is 1.70 bits per heavy atom. The third-order valence-electron chi connectivity index (χ3n) is 5.27. The monoisotopic (exact) mass is 402 g/mol. The fraction of sp³-hybridized carbons (Fsp3) is 0.292. The number of hydrogen-bond donors (Lipinski definition) is 2. The van der Waals surface area contributed by atoms with Crippen molar-refractivity contribution in [3.63, 3.8) is 0 Å². The van der Waals surface area contributed by atoms with E-state index in [9.17, 15) is 4.79 Å². The Morgan fingerprint density at radius 3 is 2.43 bits per heavy atom. The summed E-state index contributed by atoms with van der Waals surface area (Å²) in [4.78, 5) is 21.9. The van der Waals surface area contributed by atoms with Crippen LogP contribution in [0.2, 0.25) is 0 Å². The van der Waals surface area contributed by atoms with E-state index < -0.39 is 0 Å². The van der Waals surface area contributed by atoms with E-state index in [2.05, 4.69) is 46.6 Å². The third-order valence-corrected chi connectivity index (χ3v) is 5.27. The topological polar surface area (TPSA) is 76.1 Å². The van der Waals surface area contributed by atoms with Gasteiger partial charge in [-0.25, -0.2) is 4.98 Å². The Bertz CT molecular complexity index is 1080. The lowest BCUT2D eigenvalue weighted by Gasteiger charge is -2.19. The smallest absolute Gasteiger partial charge is 0.229 e. The third kappa shape index (κ3) is 4.27. The quantitative estimate of drug-likeness (QED) is 0.567. The fourth-order valence-electron chi connectivity index (χ4n) is 3.56. The van der Waals surface area contributed by atoms with Crippen molar-refractivity contribution in [1.82, 2.24) is 9.97 Å². The van der Waals surface area contributed by atoms with Crippen molar-refractivity contribution < 1.29 is 9.53 Å². The molecule has 0 fully saturated rings. The zero-order chi connectivity index (χ0) is 21.1. The molecule has 0 spiro atoms. The first kappa shape index (κ1) is 19.9. The summed E-state index contributed by atoms with van der Waals surface area (Å²) in [5, 5.41) is 6.61. The predicted octanol–water partition coefficient (Wildman–Crippen LogP) is 5.50. The number of nitrogens with one attached hydrogen (secondary N) is 2. The molecule has 0 saturated carbocycles. The van der Waals surface area contributed by atoms with Gasteiger partial charge >= 0.3 is 0 Å². The minimum Gasteiger partial charge on any atom is -0.494 e. The molecule has 0 aliphatic heterocycles. The molecule has 4 rings (SSSR count). The first-order valence-corrected chi connectivity index (χ1v) is 10.3. The lowest BCUT2D eigenvalue weighted by atomic mass is 9.95. The van der Waals surface area contributed by atoms with E-state index in [0.717, 1.165) is 35.7 Å². The number of Topliss-reactive ketones (excluding diaryl/α,β-unsaturated/α-hetero) is 1. The maximum Gasteiger partial charge on any atom is 0.229 e. The van der Waals surface area contributed by atoms with Crippen LogP contribution in [-0.4, -0.2) is 22.4 Å². The van der Waals surface area contributed by atoms with E-state index in [1.54, 1.807) is 0 Å². The Morgan fingerprint density at radius 1 is 0.933 bits per heavy atom. The molecule has 1 heterocycles. The standard InChI is InChI=1S/C24H26N4O2/c1-4-30-19-12-10-17(11-13-19)25-23-22-20(6-5-7-21(22)29)27-24(28-23)26-18-9-8-15(2)16(3)14-18/h8-14H,4-7H2,1-3H3,(H2,25,26,27,28). The van der Waals surface area contributed by atoms with Gasteiger partial charge in [-0.3, -0.25) is 4.79 Å². The molecule has 2 aromatic carbocycles. The highest BCUT2D eigenvalue weighted by Crippen LogP contribution is 2.30. The molecule has 3 aromatic rings. The lowest BCUT2D eigenvalue weighted by molar-refractivity contribution is 0.0972. The van der Waals surface area contributed by atoms with Gasteiger partial charge in [0, 0.05) is 17.8 Å². The van der Waals surface area contributed by atoms with Crippen molar-refractivity contribution in [2.24, 2.45) is 0 Å². The van der Waals surface area contributed by atoms with E-state index in [1.165, 1.54) is 11.1 Å². The van der Waals surface area contributed by atoms with Gasteiger partial charge in [0.25, 0.3) is 0 Å². The van der Waals surface area contributed by atoms with Crippen LogP contribution in [0.4, 0.5) is 23.1 Å². The van der Waals surface area contributed by atoms with Crippen molar-refractivity contribution in [3.05, 3.63) is 64.8 Å². The number of aryl methyl sites for hydroxylation is 3. The molecule has 0 bridgehead atoms. The summed E-state index contributed by atoms with van der Waals surface area (Å²) in [5.41, 5.74) is 5.58. The minimum absolute atomic E-state index is 0.0856. The zero-order valence-corrected chi connectivity index (χ0v) is 17.6. The second-order valence-electron chi connectivity index (χ2n) is 7.50. The average Bonchev–Trinajstić information content (AvgIpc) is 2.72. The molecular formula is C24H26N4O2. The summed E-state index contributed by atoms with van der Waals surface area (Å²) in [7, 11) is 0. The van der Waals surface area contributed by atoms with Crippen LogP contribution >= 0.6 is 0 Å². The second-order valence-corrected chi connectivity index (χ2v) is 7.50. The maximum atomic E-state index is 12.6. The van der Waals surface area contributed by atoms with Crippen LogP contribution in [0.5, 0.6) is 5.75 Å². The molecular weight excluding hydrogens is 376 g/mol. The number of carbonyl (C=O) groups excluding carboxylic acids is 1. The Labute approximate surface area is 176 Å². The van der Waals surface area contributed by atoms with Crippen LogP contribution in [-0.2, 0) is 6.42 Å². The summed E-state index contributed by atoms with van der Waals surface area (Å²) in [6.07, 6.45) is 2.11. The van der Waals surface area contributed by atoms with Gasteiger partial charge in [0.15, 0.2) is 5.78 Å². The Balaban J connectivity index is 1.67. The number of ether oxygens (including phenoxy) is 1. The molecule has 1 aromatic heterocycles. The molecule has 30 heavy (non-hydrogen) atoms. The van der Waals surface area contributed by atoms with Gasteiger partial charge in [-0.2, -0.15) is 4.98 Å². The Hall–Kier alpha value is -3.41. The van der Waals surface area contributed by atoms with Crippen molar-refractivity contribution >= 4 is 28.9 Å². The van der Waals surface area contributed by atoms with Gasteiger partial charge < -0.3 is 15.4 Å². The van der Waals surface area contributed by atoms with Crippen LogP contribution in [0.25, 0.3) is 0 Å². The Kier molecular flexibility index (Phi) is 5.65. The van der Waals surface area contributed by atoms with Gasteiger partial charge in [-0.15, -0.1) is 0 Å². The van der Waals surface area contributed by atoms with Crippen molar-refractivity contribution in [1.29, 1.82) is 0 Å². The summed E-state index contributed by atoms with van der Waals surface area (Å²) in [6, 6.07) is 13.8. The fourth-order valence-corrected chi connectivity index (χ4v) is 3.56. The number of ketones is 1. The van der Waals surface area contributed by atoms with Gasteiger partial charge in [0.2, 0.25) is 5.95 Å². The summed E-state index contributed by atoms with van der Waals surface area (Å²) in [6.45, 7) is 6.73. The van der Waals surface area contributed by atoms with Gasteiger partial charge in [-0.05, 0) is 81.1 Å². The van der Waals surface area contributed by atoms with E-state index in [0.29, 0.717) is 30.4 Å². The normalized spacial score (nSPS) is 13.0. The maximum absolute atomic E-state index is 12.6. The van der Waals surface area contributed by atoms with E-state index in [4.69, 9.17) is 4.74 Å². The van der Waals surface area contributed by atoms with Crippen molar-refractivity contribution in [2.75, 3.05) is 17.2 Å². The molecule has 6 nitrogen and oxygen atoms in total. The molecule has 0 unspecified atom stereocenters. The molecule has 0 amide bonds. The first-order valence-electron chi connectivity index (χ1n) is 10.3. The molecule has 0 saturated heterocycles. The summed E-state index contributed by atoms with van der Waals surface area (Å²) < 4.78 is 5.50. The van der Waals surface area contributed by atoms with E-state index in [-0.39, 0.29) is 5.78 Å². The zero-order valence-electron chi connectivity index (χ0n) is 17.6. The van der Waals surface area contributed by atoms with Gasteiger partial charge in [0.1, 0.15) is 11.6 Å². The van der Waals surface area contributed by atoms with E-state index >= 15 is 0 Å². The number of carbonyl (C=O) groups is 1. The number of anilines is 4. The van der Waals surface area contributed by atoms with Crippen molar-refractivity contribution in [3.8, 4) is 5.75 Å².